The Balaban J connectivity index is 0.809. The first-order chi connectivity index (χ1) is 33.7. The summed E-state index contributed by atoms with van der Waals surface area (Å²) < 4.78 is 52.1. The zero-order valence-corrected chi connectivity index (χ0v) is 41.2. The van der Waals surface area contributed by atoms with Gasteiger partial charge < -0.3 is 30.6 Å². The number of aryl methyl sites for hydroxylation is 2. The van der Waals surface area contributed by atoms with Crippen molar-refractivity contribution in [3.8, 4) is 0 Å². The van der Waals surface area contributed by atoms with Gasteiger partial charge in [0.15, 0.2) is 22.5 Å². The highest BCUT2D eigenvalue weighted by Gasteiger charge is 2.34. The van der Waals surface area contributed by atoms with Crippen LogP contribution in [0.2, 0.25) is 0 Å². The number of nitrogens with zero attached hydrogens (tertiary/aromatic N) is 9. The van der Waals surface area contributed by atoms with E-state index in [1.165, 1.54) is 34.1 Å². The molecular formula is C47H51BrF3N13O5S. The maximum absolute atomic E-state index is 14.1. The number of halogens is 4. The van der Waals surface area contributed by atoms with Crippen molar-refractivity contribution in [3.63, 3.8) is 0 Å². The molecule has 0 saturated heterocycles. The molecule has 0 spiro atoms. The van der Waals surface area contributed by atoms with E-state index >= 15 is 0 Å². The lowest BCUT2D eigenvalue weighted by Crippen LogP contribution is -2.38. The average molecular weight is 1050 g/mol. The number of ether oxygens (including phenoxy) is 1. The second-order valence-electron chi connectivity index (χ2n) is 16.4. The molecule has 368 valence electrons. The van der Waals surface area contributed by atoms with Gasteiger partial charge in [-0.15, -0.1) is 21.5 Å². The van der Waals surface area contributed by atoms with E-state index in [1.54, 1.807) is 51.0 Å². The van der Waals surface area contributed by atoms with Crippen molar-refractivity contribution < 1.29 is 37.1 Å². The molecule has 1 atom stereocenters. The molecule has 1 aliphatic rings. The molecule has 7 rings (SSSR count). The summed E-state index contributed by atoms with van der Waals surface area (Å²) in [5, 5.41) is 31.1. The summed E-state index contributed by atoms with van der Waals surface area (Å²) in [5.41, 5.74) is 3.52. The molecule has 0 saturated carbocycles. The number of rotatable bonds is 23. The molecule has 0 fully saturated rings. The molecule has 5 heterocycles. The number of unbranched alkanes of at least 4 members (excludes halogenated alkanes) is 5. The Hall–Kier alpha value is -6.85. The third kappa shape index (κ3) is 12.5. The van der Waals surface area contributed by atoms with Crippen LogP contribution in [0, 0.1) is 31.3 Å². The van der Waals surface area contributed by atoms with Gasteiger partial charge in [-0.3, -0.25) is 28.7 Å². The van der Waals surface area contributed by atoms with Crippen LogP contribution in [0.25, 0.3) is 0 Å². The van der Waals surface area contributed by atoms with Crippen LogP contribution in [-0.4, -0.2) is 82.1 Å². The number of amidine groups is 1. The number of hydrogen-bond acceptors (Lipinski definition) is 14. The zero-order valence-electron chi connectivity index (χ0n) is 38.8. The molecule has 0 radical (unpaired) electrons. The van der Waals surface area contributed by atoms with Crippen molar-refractivity contribution in [2.45, 2.75) is 91.5 Å². The van der Waals surface area contributed by atoms with Crippen molar-refractivity contribution in [2.24, 2.45) is 12.0 Å². The molecule has 0 bridgehead atoms. The van der Waals surface area contributed by atoms with Crippen LogP contribution in [0.1, 0.15) is 106 Å². The van der Waals surface area contributed by atoms with Gasteiger partial charge in [0.05, 0.1) is 36.2 Å². The Bertz CT molecular complexity index is 2930. The summed E-state index contributed by atoms with van der Waals surface area (Å²) in [6.07, 6.45) is 11.2. The van der Waals surface area contributed by atoms with Gasteiger partial charge in [-0.25, -0.2) is 22.9 Å². The maximum Gasteiger partial charge on any atom is 0.338 e. The average Bonchev–Trinajstić information content (AvgIpc) is 4.16. The van der Waals surface area contributed by atoms with E-state index in [0.717, 1.165) is 56.4 Å². The van der Waals surface area contributed by atoms with Crippen LogP contribution in [0.15, 0.2) is 81.1 Å². The molecule has 70 heavy (non-hydrogen) atoms. The molecule has 2 aromatic carbocycles. The number of aliphatic imine (C=N–C) groups is 1. The van der Waals surface area contributed by atoms with E-state index < -0.39 is 47.1 Å². The van der Waals surface area contributed by atoms with Gasteiger partial charge in [-0.2, -0.15) is 0 Å². The molecule has 4 aromatic heterocycles. The van der Waals surface area contributed by atoms with Crippen molar-refractivity contribution in [3.05, 3.63) is 138 Å². The Morgan fingerprint density at radius 3 is 2.20 bits per heavy atom. The predicted molar refractivity (Wildman–Crippen MR) is 257 cm³/mol. The van der Waals surface area contributed by atoms with E-state index in [4.69, 9.17) is 9.73 Å². The summed E-state index contributed by atoms with van der Waals surface area (Å²) in [6, 6.07) is 6.45. The third-order valence-corrected chi connectivity index (χ3v) is 13.0. The summed E-state index contributed by atoms with van der Waals surface area (Å²) in [7, 11) is 1.57. The highest BCUT2D eigenvalue weighted by Crippen LogP contribution is 2.37. The molecule has 1 unspecified atom stereocenters. The van der Waals surface area contributed by atoms with Crippen molar-refractivity contribution in [1.82, 2.24) is 55.5 Å². The summed E-state index contributed by atoms with van der Waals surface area (Å²) in [6.45, 7) is 6.99. The van der Waals surface area contributed by atoms with Crippen LogP contribution in [0.4, 0.5) is 18.9 Å². The summed E-state index contributed by atoms with van der Waals surface area (Å²) in [5.74, 6) is -5.00. The molecule has 6 aromatic rings. The van der Waals surface area contributed by atoms with E-state index in [9.17, 15) is 32.3 Å². The van der Waals surface area contributed by atoms with E-state index in [1.807, 2.05) is 16.3 Å². The van der Waals surface area contributed by atoms with Gasteiger partial charge in [0, 0.05) is 78.6 Å². The van der Waals surface area contributed by atoms with Crippen LogP contribution < -0.4 is 21.3 Å². The minimum absolute atomic E-state index is 0.0275. The number of thiazole rings is 1. The van der Waals surface area contributed by atoms with Crippen molar-refractivity contribution >= 4 is 62.4 Å². The number of ketones is 1. The lowest BCUT2D eigenvalue weighted by molar-refractivity contribution is -0.139. The van der Waals surface area contributed by atoms with Crippen LogP contribution >= 0.6 is 27.3 Å². The lowest BCUT2D eigenvalue weighted by Gasteiger charge is -2.27. The Morgan fingerprint density at radius 2 is 1.56 bits per heavy atom. The first kappa shape index (κ1) is 51.0. The Morgan fingerprint density at radius 1 is 0.871 bits per heavy atom. The molecular weight excluding hydrogens is 996 g/mol. The minimum Gasteiger partial charge on any atom is -0.463 e. The molecule has 23 heteroatoms. The molecule has 4 N–H and O–H groups in total. The Labute approximate surface area is 413 Å². The van der Waals surface area contributed by atoms with Gasteiger partial charge in [0.25, 0.3) is 17.6 Å². The number of hydrogen-bond donors (Lipinski definition) is 4. The zero-order chi connectivity index (χ0) is 49.9. The number of anilines is 1. The number of amides is 2. The number of benzene rings is 2. The second-order valence-corrected chi connectivity index (χ2v) is 18.1. The number of esters is 1. The van der Waals surface area contributed by atoms with E-state index in [0.29, 0.717) is 63.2 Å². The normalized spacial score (nSPS) is 13.5. The van der Waals surface area contributed by atoms with Crippen LogP contribution in [0.5, 0.6) is 0 Å². The quantitative estimate of drug-likeness (QED) is 0.0222. The summed E-state index contributed by atoms with van der Waals surface area (Å²) >= 11 is 4.86. The molecule has 2 amide bonds. The predicted octanol–water partition coefficient (Wildman–Crippen LogP) is 6.95. The number of Topliss-reactive ketones (excluding diaryl/α,β-unsaturated/α-hetero) is 1. The molecule has 0 aliphatic carbocycles. The standard InChI is InChI=1S/C47H51BrF3N13O5S/c1-5-69-47(68)39-37(56-43(46-53-16-19-70-46)57-40(39)33-14-12-29(49)20-34(33)48)24-52-22-31-25-63(60-58-31)17-10-8-6-7-9-11-18-64-26-32(59-61-64)23-54-45(67)42(65)38-27(2)41(62(4)28(38)3)44(66)55-30-13-15-35(50)36(51)21-30/h12-16,19-21,25-26,40,52H,5-11,17-18,22-24H2,1-4H3,(H,54,67)(H,55,66)(H,56,57). The third-order valence-electron chi connectivity index (χ3n) is 11.5. The fourth-order valence-electron chi connectivity index (χ4n) is 7.97. The second kappa shape index (κ2) is 23.6. The fraction of sp³-hybridized carbons (Fsp3) is 0.362. The molecule has 18 nitrogen and oxygen atoms in total. The number of nitrogens with one attached hydrogen (secondary N) is 4. The van der Waals surface area contributed by atoms with Gasteiger partial charge in [0.2, 0.25) is 0 Å². The maximum atomic E-state index is 14.1. The topological polar surface area (TPSA) is 217 Å². The summed E-state index contributed by atoms with van der Waals surface area (Å²) in [4.78, 5) is 62.0. The minimum atomic E-state index is -1.12. The lowest BCUT2D eigenvalue weighted by atomic mass is 9.95. The van der Waals surface area contributed by atoms with Gasteiger partial charge >= 0.3 is 5.97 Å². The van der Waals surface area contributed by atoms with Gasteiger partial charge in [-0.05, 0) is 69.0 Å². The highest BCUT2D eigenvalue weighted by molar-refractivity contribution is 9.10. The van der Waals surface area contributed by atoms with E-state index in [-0.39, 0.29) is 42.2 Å². The van der Waals surface area contributed by atoms with Gasteiger partial charge in [-0.1, -0.05) is 58.1 Å². The van der Waals surface area contributed by atoms with Crippen molar-refractivity contribution in [1.29, 1.82) is 0 Å². The van der Waals surface area contributed by atoms with E-state index in [2.05, 4.69) is 62.8 Å². The van der Waals surface area contributed by atoms with Gasteiger partial charge in [0.1, 0.15) is 23.2 Å². The smallest absolute Gasteiger partial charge is 0.338 e. The first-order valence-electron chi connectivity index (χ1n) is 22.6. The number of aromatic nitrogens is 8. The SMILES string of the molecule is CCOC(=O)C1=C(CNCc2cn(CCCCCCCCn3cc(CNC(=O)C(=O)c4c(C)c(C(=O)Nc5ccc(F)c(F)c5)n(C)c4C)nn3)nn2)NC(c2nccs2)=NC1c1ccc(F)cc1Br. The van der Waals surface area contributed by atoms with Crippen LogP contribution in [-0.2, 0) is 47.6 Å². The molecule has 1 aliphatic heterocycles. The van der Waals surface area contributed by atoms with Crippen molar-refractivity contribution in [2.75, 3.05) is 18.5 Å². The Kier molecular flexibility index (Phi) is 17.2. The van der Waals surface area contributed by atoms with Crippen LogP contribution in [0.3, 0.4) is 0 Å². The number of carbonyl (C=O) groups excluding carboxylic acids is 4. The largest absolute Gasteiger partial charge is 0.463 e. The monoisotopic (exact) mass is 1050 g/mol. The first-order valence-corrected chi connectivity index (χ1v) is 24.2. The highest BCUT2D eigenvalue weighted by atomic mass is 79.9. The number of carbonyl (C=O) groups is 4. The fourth-order valence-corrected chi connectivity index (χ4v) is 9.13.